The van der Waals surface area contributed by atoms with Crippen molar-refractivity contribution in [1.82, 2.24) is 5.32 Å². The summed E-state index contributed by atoms with van der Waals surface area (Å²) in [6, 6.07) is -0.538. The Morgan fingerprint density at radius 2 is 0.471 bits per heavy atom. The van der Waals surface area contributed by atoms with E-state index in [9.17, 15) is 19.8 Å². The second-order valence-corrected chi connectivity index (χ2v) is 28.5. The van der Waals surface area contributed by atoms with Crippen LogP contribution in [0.15, 0.2) is 0 Å². The molecule has 520 valence electrons. The van der Waals surface area contributed by atoms with Crippen LogP contribution in [0, 0.1) is 0 Å². The first-order valence-electron chi connectivity index (χ1n) is 40.8. The minimum atomic E-state index is -0.661. The molecule has 6 nitrogen and oxygen atoms in total. The lowest BCUT2D eigenvalue weighted by Gasteiger charge is -2.22. The Balaban J connectivity index is 3.31. The number of ether oxygens (including phenoxy) is 1. The minimum Gasteiger partial charge on any atom is -0.466 e. The summed E-state index contributed by atoms with van der Waals surface area (Å²) in [4.78, 5) is 24.6. The van der Waals surface area contributed by atoms with E-state index in [-0.39, 0.29) is 18.5 Å². The van der Waals surface area contributed by atoms with Gasteiger partial charge in [0.2, 0.25) is 5.91 Å². The first kappa shape index (κ1) is 85.9. The highest BCUT2D eigenvalue weighted by molar-refractivity contribution is 5.76. The summed E-state index contributed by atoms with van der Waals surface area (Å²) < 4.78 is 5.48. The van der Waals surface area contributed by atoms with E-state index in [1.807, 2.05) is 0 Å². The van der Waals surface area contributed by atoms with Crippen LogP contribution >= 0.6 is 0 Å². The quantitative estimate of drug-likeness (QED) is 0.0417. The molecule has 0 aliphatic carbocycles. The number of amides is 1. The Hall–Kier alpha value is -1.14. The Morgan fingerprint density at radius 1 is 0.276 bits per heavy atom. The SMILES string of the molecule is CCCCCCCCCCCCCCCCCCCCCCCCCCC(O)C(CO)NC(=O)CCCCCCCCCCCCCCCCCCCCCCCCCCCCCCCCCCCCCOC(=O)CCCCCCCCCCCCC. The molecular formula is C81H161NO5. The molecule has 0 aromatic heterocycles. The smallest absolute Gasteiger partial charge is 0.305 e. The van der Waals surface area contributed by atoms with Crippen molar-refractivity contribution in [3.8, 4) is 0 Å². The standard InChI is InChI=1S/C81H161NO5/c1-3-5-7-9-11-13-15-16-17-18-19-20-21-35-38-41-44-47-50-54-57-61-65-69-73-79(84)78(77-83)82-80(85)74-70-66-62-58-55-51-48-45-42-39-36-33-31-29-27-25-23-22-24-26-28-30-32-34-37-40-43-46-49-52-56-60-64-68-72-76-87-81(86)75-71-67-63-59-53-14-12-10-8-6-4-2/h78-79,83-84H,3-77H2,1-2H3,(H,82,85). The molecule has 0 heterocycles. The summed E-state index contributed by atoms with van der Waals surface area (Å²) >= 11 is 0. The third kappa shape index (κ3) is 73.8. The van der Waals surface area contributed by atoms with Crippen LogP contribution in [0.1, 0.15) is 483 Å². The van der Waals surface area contributed by atoms with Crippen molar-refractivity contribution in [2.24, 2.45) is 0 Å². The Morgan fingerprint density at radius 3 is 0.701 bits per heavy atom. The fraction of sp³-hybridized carbons (Fsp3) is 0.975. The minimum absolute atomic E-state index is 0.0229. The van der Waals surface area contributed by atoms with Crippen LogP contribution in [0.3, 0.4) is 0 Å². The van der Waals surface area contributed by atoms with E-state index in [0.717, 1.165) is 38.5 Å². The molecule has 0 spiro atoms. The van der Waals surface area contributed by atoms with Gasteiger partial charge < -0.3 is 20.3 Å². The zero-order valence-electron chi connectivity index (χ0n) is 59.8. The lowest BCUT2D eigenvalue weighted by molar-refractivity contribution is -0.143. The summed E-state index contributed by atoms with van der Waals surface area (Å²) in [5.74, 6) is 0.000786. The summed E-state index contributed by atoms with van der Waals surface area (Å²) in [6.45, 7) is 5.01. The molecule has 0 bridgehead atoms. The van der Waals surface area contributed by atoms with E-state index in [1.165, 1.54) is 411 Å². The van der Waals surface area contributed by atoms with Gasteiger partial charge in [-0.05, 0) is 25.7 Å². The number of esters is 1. The number of aliphatic hydroxyl groups excluding tert-OH is 2. The first-order valence-corrected chi connectivity index (χ1v) is 40.8. The van der Waals surface area contributed by atoms with Gasteiger partial charge in [-0.2, -0.15) is 0 Å². The fourth-order valence-corrected chi connectivity index (χ4v) is 13.5. The van der Waals surface area contributed by atoms with Crippen molar-refractivity contribution in [2.75, 3.05) is 13.2 Å². The molecule has 0 aliphatic heterocycles. The number of rotatable bonds is 78. The molecule has 2 unspecified atom stereocenters. The summed E-state index contributed by atoms with van der Waals surface area (Å²) in [5, 5.41) is 23.5. The highest BCUT2D eigenvalue weighted by atomic mass is 16.5. The van der Waals surface area contributed by atoms with Crippen LogP contribution in [0.4, 0.5) is 0 Å². The van der Waals surface area contributed by atoms with Gasteiger partial charge in [0.05, 0.1) is 25.4 Å². The van der Waals surface area contributed by atoms with E-state index < -0.39 is 12.1 Å². The number of hydrogen-bond donors (Lipinski definition) is 3. The van der Waals surface area contributed by atoms with Crippen LogP contribution in [-0.2, 0) is 14.3 Å². The summed E-state index contributed by atoms with van der Waals surface area (Å²) in [5.41, 5.74) is 0. The molecule has 0 radical (unpaired) electrons. The third-order valence-corrected chi connectivity index (χ3v) is 19.7. The number of carbonyl (C=O) groups is 2. The molecule has 0 fully saturated rings. The Labute approximate surface area is 547 Å². The topological polar surface area (TPSA) is 95.9 Å². The molecule has 2 atom stereocenters. The molecule has 1 amide bonds. The average molecular weight is 1230 g/mol. The number of unbranched alkanes of at least 4 members (excludes halogenated alkanes) is 67. The Kier molecular flexibility index (Phi) is 76.3. The largest absolute Gasteiger partial charge is 0.466 e. The van der Waals surface area contributed by atoms with Gasteiger partial charge in [0, 0.05) is 12.8 Å². The molecule has 0 aromatic carbocycles. The van der Waals surface area contributed by atoms with Crippen molar-refractivity contribution in [2.45, 2.75) is 495 Å². The second-order valence-electron chi connectivity index (χ2n) is 28.5. The molecule has 0 saturated carbocycles. The van der Waals surface area contributed by atoms with Crippen LogP contribution < -0.4 is 5.32 Å². The maximum atomic E-state index is 12.6. The van der Waals surface area contributed by atoms with Crippen molar-refractivity contribution in [3.63, 3.8) is 0 Å². The predicted molar refractivity (Wildman–Crippen MR) is 384 cm³/mol. The molecule has 0 rings (SSSR count). The van der Waals surface area contributed by atoms with E-state index in [4.69, 9.17) is 4.74 Å². The van der Waals surface area contributed by atoms with Gasteiger partial charge in [0.25, 0.3) is 0 Å². The van der Waals surface area contributed by atoms with Crippen molar-refractivity contribution in [1.29, 1.82) is 0 Å². The fourth-order valence-electron chi connectivity index (χ4n) is 13.5. The first-order chi connectivity index (χ1) is 43.0. The molecule has 0 saturated heterocycles. The normalized spacial score (nSPS) is 12.4. The van der Waals surface area contributed by atoms with Gasteiger partial charge in [0.1, 0.15) is 0 Å². The molecule has 0 aliphatic rings. The molecule has 87 heavy (non-hydrogen) atoms. The zero-order valence-corrected chi connectivity index (χ0v) is 59.8. The zero-order chi connectivity index (χ0) is 62.8. The van der Waals surface area contributed by atoms with Gasteiger partial charge in [-0.15, -0.1) is 0 Å². The van der Waals surface area contributed by atoms with Crippen LogP contribution in [0.5, 0.6) is 0 Å². The van der Waals surface area contributed by atoms with E-state index in [2.05, 4.69) is 19.2 Å². The summed E-state index contributed by atoms with van der Waals surface area (Å²) in [6.07, 6.45) is 96.4. The maximum Gasteiger partial charge on any atom is 0.305 e. The monoisotopic (exact) mass is 1230 g/mol. The third-order valence-electron chi connectivity index (χ3n) is 19.7. The van der Waals surface area contributed by atoms with E-state index >= 15 is 0 Å². The van der Waals surface area contributed by atoms with Crippen molar-refractivity contribution in [3.05, 3.63) is 0 Å². The van der Waals surface area contributed by atoms with E-state index in [0.29, 0.717) is 25.9 Å². The maximum absolute atomic E-state index is 12.6. The molecule has 3 N–H and O–H groups in total. The second kappa shape index (κ2) is 77.3. The number of nitrogens with one attached hydrogen (secondary N) is 1. The van der Waals surface area contributed by atoms with Gasteiger partial charge in [0.15, 0.2) is 0 Å². The average Bonchev–Trinajstić information content (AvgIpc) is 3.54. The van der Waals surface area contributed by atoms with Crippen molar-refractivity contribution < 1.29 is 24.5 Å². The lowest BCUT2D eigenvalue weighted by atomic mass is 10.0. The number of carbonyl (C=O) groups excluding carboxylic acids is 2. The molecule has 0 aromatic rings. The highest BCUT2D eigenvalue weighted by Crippen LogP contribution is 2.21. The molecule has 6 heteroatoms. The number of hydrogen-bond acceptors (Lipinski definition) is 5. The van der Waals surface area contributed by atoms with Crippen molar-refractivity contribution >= 4 is 11.9 Å². The molecular weight excluding hydrogens is 1070 g/mol. The van der Waals surface area contributed by atoms with Gasteiger partial charge >= 0.3 is 5.97 Å². The van der Waals surface area contributed by atoms with Gasteiger partial charge in [-0.25, -0.2) is 0 Å². The van der Waals surface area contributed by atoms with Gasteiger partial charge in [-0.1, -0.05) is 444 Å². The lowest BCUT2D eigenvalue weighted by Crippen LogP contribution is -2.45. The summed E-state index contributed by atoms with van der Waals surface area (Å²) in [7, 11) is 0. The Bertz CT molecular complexity index is 1280. The predicted octanol–water partition coefficient (Wildman–Crippen LogP) is 26.9. The van der Waals surface area contributed by atoms with E-state index in [1.54, 1.807) is 0 Å². The van der Waals surface area contributed by atoms with Crippen LogP contribution in [-0.4, -0.2) is 47.4 Å². The van der Waals surface area contributed by atoms with Gasteiger partial charge in [-0.3, -0.25) is 9.59 Å². The van der Waals surface area contributed by atoms with Crippen LogP contribution in [0.2, 0.25) is 0 Å². The number of aliphatic hydroxyl groups is 2. The highest BCUT2D eigenvalue weighted by Gasteiger charge is 2.20. The van der Waals surface area contributed by atoms with Crippen LogP contribution in [0.25, 0.3) is 0 Å².